The van der Waals surface area contributed by atoms with Crippen molar-refractivity contribution in [3.8, 4) is 0 Å². The van der Waals surface area contributed by atoms with Crippen LogP contribution in [0.4, 0.5) is 0 Å². The molecule has 1 saturated heterocycles. The molecule has 0 aromatic rings. The summed E-state index contributed by atoms with van der Waals surface area (Å²) in [5.74, 6) is 0.816. The Kier molecular flexibility index (Phi) is 3.36. The van der Waals surface area contributed by atoms with Crippen LogP contribution in [0.3, 0.4) is 0 Å². The topological polar surface area (TPSA) is 15.3 Å². The summed E-state index contributed by atoms with van der Waals surface area (Å²) < 4.78 is 0. The van der Waals surface area contributed by atoms with Gasteiger partial charge in [0.1, 0.15) is 0 Å². The molecule has 2 fully saturated rings. The van der Waals surface area contributed by atoms with Crippen LogP contribution in [0, 0.1) is 11.3 Å². The second kappa shape index (κ2) is 4.42. The molecule has 2 unspecified atom stereocenters. The van der Waals surface area contributed by atoms with Gasteiger partial charge in [-0.05, 0) is 37.1 Å². The summed E-state index contributed by atoms with van der Waals surface area (Å²) in [4.78, 5) is 2.74. The summed E-state index contributed by atoms with van der Waals surface area (Å²) in [6.07, 6.45) is 4.23. The van der Waals surface area contributed by atoms with Crippen molar-refractivity contribution in [3.63, 3.8) is 0 Å². The van der Waals surface area contributed by atoms with Gasteiger partial charge in [-0.2, -0.15) is 0 Å². The molecule has 88 valence electrons. The minimum absolute atomic E-state index is 0.591. The molecule has 0 radical (unpaired) electrons. The van der Waals surface area contributed by atoms with Gasteiger partial charge in [0.15, 0.2) is 0 Å². The maximum absolute atomic E-state index is 3.53. The van der Waals surface area contributed by atoms with Gasteiger partial charge < -0.3 is 5.32 Å². The predicted octanol–water partition coefficient (Wildman–Crippen LogP) is 2.11. The van der Waals surface area contributed by atoms with Gasteiger partial charge in [-0.25, -0.2) is 0 Å². The van der Waals surface area contributed by atoms with Crippen molar-refractivity contribution >= 4 is 0 Å². The molecule has 2 atom stereocenters. The van der Waals surface area contributed by atoms with Gasteiger partial charge in [0.25, 0.3) is 0 Å². The van der Waals surface area contributed by atoms with Gasteiger partial charge >= 0.3 is 0 Å². The molecule has 0 bridgehead atoms. The molecule has 1 aliphatic heterocycles. The van der Waals surface area contributed by atoms with Crippen molar-refractivity contribution in [2.75, 3.05) is 26.2 Å². The van der Waals surface area contributed by atoms with E-state index in [1.807, 2.05) is 0 Å². The van der Waals surface area contributed by atoms with E-state index in [0.717, 1.165) is 12.0 Å². The highest BCUT2D eigenvalue weighted by molar-refractivity contribution is 4.89. The second-order valence-electron chi connectivity index (χ2n) is 6.37. The minimum atomic E-state index is 0.591. The number of nitrogens with zero attached hydrogens (tertiary/aromatic N) is 1. The van der Waals surface area contributed by atoms with Gasteiger partial charge in [0.05, 0.1) is 0 Å². The zero-order valence-electron chi connectivity index (χ0n) is 10.6. The molecular weight excluding hydrogens is 184 g/mol. The summed E-state index contributed by atoms with van der Waals surface area (Å²) >= 11 is 0. The van der Waals surface area contributed by atoms with Crippen molar-refractivity contribution in [2.45, 2.75) is 46.1 Å². The third kappa shape index (κ3) is 2.94. The predicted molar refractivity (Wildman–Crippen MR) is 65.0 cm³/mol. The molecule has 1 aliphatic carbocycles. The number of nitrogens with one attached hydrogen (secondary N) is 1. The van der Waals surface area contributed by atoms with Crippen LogP contribution in [0.5, 0.6) is 0 Å². The first-order valence-electron chi connectivity index (χ1n) is 6.52. The first-order valence-corrected chi connectivity index (χ1v) is 6.52. The lowest BCUT2D eigenvalue weighted by Gasteiger charge is -2.29. The van der Waals surface area contributed by atoms with Crippen molar-refractivity contribution < 1.29 is 0 Å². The van der Waals surface area contributed by atoms with Crippen LogP contribution in [0.1, 0.15) is 40.0 Å². The molecule has 2 heteroatoms. The average Bonchev–Trinajstić information content (AvgIpc) is 2.39. The van der Waals surface area contributed by atoms with E-state index in [1.54, 1.807) is 0 Å². The molecular formula is C13H26N2. The Morgan fingerprint density at radius 3 is 2.80 bits per heavy atom. The zero-order chi connectivity index (χ0) is 10.9. The Morgan fingerprint density at radius 1 is 1.33 bits per heavy atom. The van der Waals surface area contributed by atoms with Gasteiger partial charge in [0.2, 0.25) is 0 Å². The summed E-state index contributed by atoms with van der Waals surface area (Å²) in [5, 5.41) is 3.53. The molecule has 2 aliphatic rings. The monoisotopic (exact) mass is 210 g/mol. The molecule has 1 N–H and O–H groups in total. The van der Waals surface area contributed by atoms with E-state index >= 15 is 0 Å². The highest BCUT2D eigenvalue weighted by atomic mass is 15.2. The summed E-state index contributed by atoms with van der Waals surface area (Å²) in [6, 6.07) is 0.863. The largest absolute Gasteiger partial charge is 0.315 e. The third-order valence-corrected chi connectivity index (χ3v) is 4.07. The quantitative estimate of drug-likeness (QED) is 0.713. The molecule has 0 spiro atoms. The second-order valence-corrected chi connectivity index (χ2v) is 6.37. The summed E-state index contributed by atoms with van der Waals surface area (Å²) in [5.41, 5.74) is 0.591. The van der Waals surface area contributed by atoms with E-state index in [0.29, 0.717) is 5.41 Å². The summed E-state index contributed by atoms with van der Waals surface area (Å²) in [7, 11) is 0. The first-order chi connectivity index (χ1) is 7.07. The highest BCUT2D eigenvalue weighted by Crippen LogP contribution is 2.39. The van der Waals surface area contributed by atoms with E-state index in [2.05, 4.69) is 31.0 Å². The Bertz CT molecular complexity index is 213. The van der Waals surface area contributed by atoms with Gasteiger partial charge in [-0.15, -0.1) is 0 Å². The van der Waals surface area contributed by atoms with Crippen molar-refractivity contribution in [3.05, 3.63) is 0 Å². The molecule has 1 heterocycles. The lowest BCUT2D eigenvalue weighted by Crippen LogP contribution is -2.38. The SMILES string of the molecule is CC1CNCCN(C2CCC(C)(C)C2)C1. The Morgan fingerprint density at radius 2 is 2.13 bits per heavy atom. The van der Waals surface area contributed by atoms with Crippen LogP contribution in [0.2, 0.25) is 0 Å². The van der Waals surface area contributed by atoms with Crippen LogP contribution < -0.4 is 5.32 Å². The Labute approximate surface area is 94.4 Å². The summed E-state index contributed by atoms with van der Waals surface area (Å²) in [6.45, 7) is 12.1. The maximum Gasteiger partial charge on any atom is 0.0110 e. The van der Waals surface area contributed by atoms with E-state index < -0.39 is 0 Å². The number of hydrogen-bond acceptors (Lipinski definition) is 2. The molecule has 2 nitrogen and oxygen atoms in total. The van der Waals surface area contributed by atoms with Crippen molar-refractivity contribution in [1.82, 2.24) is 10.2 Å². The number of rotatable bonds is 1. The molecule has 0 aromatic heterocycles. The van der Waals surface area contributed by atoms with Crippen LogP contribution >= 0.6 is 0 Å². The normalized spacial score (nSPS) is 37.8. The smallest absolute Gasteiger partial charge is 0.0110 e. The molecule has 1 saturated carbocycles. The van der Waals surface area contributed by atoms with Gasteiger partial charge in [-0.3, -0.25) is 4.90 Å². The van der Waals surface area contributed by atoms with Crippen LogP contribution in [0.15, 0.2) is 0 Å². The van der Waals surface area contributed by atoms with Crippen LogP contribution in [-0.4, -0.2) is 37.1 Å². The molecule has 2 rings (SSSR count). The maximum atomic E-state index is 3.53. The van der Waals surface area contributed by atoms with E-state index in [4.69, 9.17) is 0 Å². The zero-order valence-corrected chi connectivity index (χ0v) is 10.6. The fourth-order valence-electron chi connectivity index (χ4n) is 3.17. The fraction of sp³-hybridized carbons (Fsp3) is 1.00. The Hall–Kier alpha value is -0.0800. The number of hydrogen-bond donors (Lipinski definition) is 1. The highest BCUT2D eigenvalue weighted by Gasteiger charge is 2.34. The van der Waals surface area contributed by atoms with Crippen LogP contribution in [-0.2, 0) is 0 Å². The first kappa shape index (κ1) is 11.4. The van der Waals surface area contributed by atoms with E-state index in [9.17, 15) is 0 Å². The Balaban J connectivity index is 1.92. The molecule has 0 amide bonds. The van der Waals surface area contributed by atoms with Crippen molar-refractivity contribution in [2.24, 2.45) is 11.3 Å². The van der Waals surface area contributed by atoms with Crippen molar-refractivity contribution in [1.29, 1.82) is 0 Å². The van der Waals surface area contributed by atoms with E-state index in [-0.39, 0.29) is 0 Å². The van der Waals surface area contributed by atoms with Gasteiger partial charge in [-0.1, -0.05) is 20.8 Å². The molecule has 0 aromatic carbocycles. The third-order valence-electron chi connectivity index (χ3n) is 4.07. The minimum Gasteiger partial charge on any atom is -0.315 e. The van der Waals surface area contributed by atoms with Crippen LogP contribution in [0.25, 0.3) is 0 Å². The standard InChI is InChI=1S/C13H26N2/c1-11-9-14-6-7-15(10-11)12-4-5-13(2,3)8-12/h11-12,14H,4-10H2,1-3H3. The lowest BCUT2D eigenvalue weighted by atomic mass is 9.91. The van der Waals surface area contributed by atoms with E-state index in [1.165, 1.54) is 45.4 Å². The fourth-order valence-corrected chi connectivity index (χ4v) is 3.17. The average molecular weight is 210 g/mol. The lowest BCUT2D eigenvalue weighted by molar-refractivity contribution is 0.181. The molecule has 15 heavy (non-hydrogen) atoms. The van der Waals surface area contributed by atoms with Gasteiger partial charge in [0, 0.05) is 25.7 Å².